The maximum Gasteiger partial charge on any atom is 0.255 e. The topological polar surface area (TPSA) is 86.5 Å². The summed E-state index contributed by atoms with van der Waals surface area (Å²) in [6.07, 6.45) is -1.26. The molecule has 5 rings (SSSR count). The molecule has 2 aromatic carbocycles. The maximum absolute atomic E-state index is 13.0. The fourth-order valence-corrected chi connectivity index (χ4v) is 5.88. The van der Waals surface area contributed by atoms with E-state index in [2.05, 4.69) is 9.97 Å². The monoisotopic (exact) mass is 425 g/mol. The Morgan fingerprint density at radius 3 is 2.34 bits per heavy atom. The summed E-state index contributed by atoms with van der Waals surface area (Å²) in [5.74, 6) is -0.474. The summed E-state index contributed by atoms with van der Waals surface area (Å²) >= 11 is 2.87. The van der Waals surface area contributed by atoms with Crippen LogP contribution in [0.1, 0.15) is 35.0 Å². The standard InChI is InChI=1S/C21H19N3O3S2/c25-17(20-23-13-7-2-4-10-16(13)29-20)18(26)21(27)24-11-5-8-14(24)19-22-12-6-1-3-9-15(12)28-19/h1-4,6-7,9-10,14,17-18,25-26H,5,8,11H2. The number of carbonyl (C=O) groups excluding carboxylic acids is 1. The molecule has 8 heteroatoms. The highest BCUT2D eigenvalue weighted by Gasteiger charge is 2.38. The highest BCUT2D eigenvalue weighted by atomic mass is 32.1. The molecule has 148 valence electrons. The number of likely N-dealkylation sites (tertiary alicyclic amines) is 1. The molecule has 0 bridgehead atoms. The van der Waals surface area contributed by atoms with Crippen LogP contribution in [0, 0.1) is 0 Å². The summed E-state index contributed by atoms with van der Waals surface area (Å²) in [6.45, 7) is 0.545. The Balaban J connectivity index is 1.39. The third kappa shape index (κ3) is 3.32. The Labute approximate surface area is 175 Å². The largest absolute Gasteiger partial charge is 0.383 e. The minimum absolute atomic E-state index is 0.169. The summed E-state index contributed by atoms with van der Waals surface area (Å²) < 4.78 is 1.99. The first-order valence-electron chi connectivity index (χ1n) is 9.49. The minimum atomic E-state index is -1.55. The number of para-hydroxylation sites is 2. The number of carbonyl (C=O) groups is 1. The Morgan fingerprint density at radius 2 is 1.66 bits per heavy atom. The number of hydrogen-bond donors (Lipinski definition) is 2. The third-order valence-corrected chi connectivity index (χ3v) is 7.49. The molecule has 0 spiro atoms. The Bertz CT molecular complexity index is 1120. The normalized spacial score (nSPS) is 19.1. The molecule has 6 nitrogen and oxygen atoms in total. The first-order valence-corrected chi connectivity index (χ1v) is 11.1. The van der Waals surface area contributed by atoms with Crippen molar-refractivity contribution < 1.29 is 15.0 Å². The Kier molecular flexibility index (Phi) is 4.79. The van der Waals surface area contributed by atoms with Gasteiger partial charge in [0.2, 0.25) is 0 Å². The van der Waals surface area contributed by atoms with E-state index in [4.69, 9.17) is 0 Å². The van der Waals surface area contributed by atoms with Crippen molar-refractivity contribution >= 4 is 49.0 Å². The van der Waals surface area contributed by atoms with E-state index in [1.807, 2.05) is 48.5 Å². The van der Waals surface area contributed by atoms with Crippen molar-refractivity contribution in [1.82, 2.24) is 14.9 Å². The number of amides is 1. The molecule has 2 aromatic heterocycles. The van der Waals surface area contributed by atoms with Gasteiger partial charge in [0.05, 0.1) is 26.5 Å². The molecule has 0 aliphatic carbocycles. The predicted octanol–water partition coefficient (Wildman–Crippen LogP) is 3.66. The molecule has 2 N–H and O–H groups in total. The number of fused-ring (bicyclic) bond motifs is 2. The molecule has 3 heterocycles. The maximum atomic E-state index is 13.0. The SMILES string of the molecule is O=C(C(O)C(O)c1nc2ccccc2s1)N1CCCC1c1nc2ccccc2s1. The molecule has 1 saturated heterocycles. The second kappa shape index (κ2) is 7.46. The second-order valence-corrected chi connectivity index (χ2v) is 9.24. The van der Waals surface area contributed by atoms with Gasteiger partial charge in [0, 0.05) is 6.54 Å². The van der Waals surface area contributed by atoms with Gasteiger partial charge in [-0.25, -0.2) is 9.97 Å². The highest BCUT2D eigenvalue weighted by Crippen LogP contribution is 2.38. The molecule has 0 radical (unpaired) electrons. The van der Waals surface area contributed by atoms with Crippen molar-refractivity contribution in [3.05, 3.63) is 58.5 Å². The van der Waals surface area contributed by atoms with Crippen LogP contribution in [-0.2, 0) is 4.79 Å². The van der Waals surface area contributed by atoms with E-state index in [-0.39, 0.29) is 6.04 Å². The van der Waals surface area contributed by atoms with Crippen molar-refractivity contribution in [2.45, 2.75) is 31.1 Å². The zero-order valence-electron chi connectivity index (χ0n) is 15.4. The first-order chi connectivity index (χ1) is 14.1. The molecule has 1 amide bonds. The van der Waals surface area contributed by atoms with Crippen LogP contribution in [0.15, 0.2) is 48.5 Å². The average molecular weight is 426 g/mol. The Hall–Kier alpha value is -2.39. The molecule has 4 aromatic rings. The van der Waals surface area contributed by atoms with Crippen LogP contribution in [0.4, 0.5) is 0 Å². The van der Waals surface area contributed by atoms with E-state index in [1.165, 1.54) is 11.3 Å². The van der Waals surface area contributed by atoms with Crippen molar-refractivity contribution in [3.8, 4) is 0 Å². The lowest BCUT2D eigenvalue weighted by atomic mass is 10.1. The van der Waals surface area contributed by atoms with Gasteiger partial charge in [-0.1, -0.05) is 24.3 Å². The molecule has 1 fully saturated rings. The van der Waals surface area contributed by atoms with Gasteiger partial charge in [0.15, 0.2) is 6.10 Å². The van der Waals surface area contributed by atoms with E-state index >= 15 is 0 Å². The van der Waals surface area contributed by atoms with Crippen molar-refractivity contribution in [1.29, 1.82) is 0 Å². The number of nitrogens with zero attached hydrogens (tertiary/aromatic N) is 3. The molecule has 29 heavy (non-hydrogen) atoms. The molecule has 3 atom stereocenters. The van der Waals surface area contributed by atoms with E-state index in [0.717, 1.165) is 38.3 Å². The van der Waals surface area contributed by atoms with Gasteiger partial charge in [0.25, 0.3) is 5.91 Å². The number of rotatable bonds is 4. The summed E-state index contributed by atoms with van der Waals surface area (Å²) in [5.41, 5.74) is 1.67. The zero-order chi connectivity index (χ0) is 20.0. The van der Waals surface area contributed by atoms with Gasteiger partial charge in [-0.15, -0.1) is 22.7 Å². The average Bonchev–Trinajstić information content (AvgIpc) is 3.48. The third-order valence-electron chi connectivity index (χ3n) is 5.25. The lowest BCUT2D eigenvalue weighted by Gasteiger charge is -2.27. The van der Waals surface area contributed by atoms with Gasteiger partial charge >= 0.3 is 0 Å². The lowest BCUT2D eigenvalue weighted by molar-refractivity contribution is -0.147. The fraction of sp³-hybridized carbons (Fsp3) is 0.286. The molecular weight excluding hydrogens is 406 g/mol. The lowest BCUT2D eigenvalue weighted by Crippen LogP contribution is -2.41. The first kappa shape index (κ1) is 18.6. The summed E-state index contributed by atoms with van der Waals surface area (Å²) in [6, 6.07) is 15.2. The highest BCUT2D eigenvalue weighted by molar-refractivity contribution is 7.19. The van der Waals surface area contributed by atoms with Crippen LogP contribution in [0.3, 0.4) is 0 Å². The van der Waals surface area contributed by atoms with Crippen LogP contribution in [0.5, 0.6) is 0 Å². The van der Waals surface area contributed by atoms with Crippen LogP contribution >= 0.6 is 22.7 Å². The smallest absolute Gasteiger partial charge is 0.255 e. The molecule has 1 aliphatic heterocycles. The molecule has 0 saturated carbocycles. The molecule has 3 unspecified atom stereocenters. The summed E-state index contributed by atoms with van der Waals surface area (Å²) in [4.78, 5) is 23.8. The summed E-state index contributed by atoms with van der Waals surface area (Å²) in [5, 5.41) is 22.5. The van der Waals surface area contributed by atoms with Gasteiger partial charge < -0.3 is 15.1 Å². The molecular formula is C21H19N3O3S2. The van der Waals surface area contributed by atoms with Crippen molar-refractivity contribution in [3.63, 3.8) is 0 Å². The number of thiazole rings is 2. The number of benzene rings is 2. The number of aromatic nitrogens is 2. The van der Waals surface area contributed by atoms with E-state index in [0.29, 0.717) is 11.6 Å². The molecule has 1 aliphatic rings. The van der Waals surface area contributed by atoms with Crippen LogP contribution < -0.4 is 0 Å². The van der Waals surface area contributed by atoms with Gasteiger partial charge in [-0.05, 0) is 37.1 Å². The minimum Gasteiger partial charge on any atom is -0.383 e. The van der Waals surface area contributed by atoms with Gasteiger partial charge in [-0.3, -0.25) is 4.79 Å². The van der Waals surface area contributed by atoms with Crippen LogP contribution in [0.2, 0.25) is 0 Å². The van der Waals surface area contributed by atoms with Gasteiger partial charge in [-0.2, -0.15) is 0 Å². The predicted molar refractivity (Wildman–Crippen MR) is 114 cm³/mol. The van der Waals surface area contributed by atoms with Crippen molar-refractivity contribution in [2.24, 2.45) is 0 Å². The van der Waals surface area contributed by atoms with Crippen LogP contribution in [0.25, 0.3) is 20.4 Å². The quantitative estimate of drug-likeness (QED) is 0.521. The van der Waals surface area contributed by atoms with Crippen LogP contribution in [-0.4, -0.2) is 43.6 Å². The van der Waals surface area contributed by atoms with Gasteiger partial charge in [0.1, 0.15) is 16.1 Å². The van der Waals surface area contributed by atoms with Crippen molar-refractivity contribution in [2.75, 3.05) is 6.54 Å². The zero-order valence-corrected chi connectivity index (χ0v) is 17.1. The number of aliphatic hydroxyl groups is 2. The number of aliphatic hydroxyl groups excluding tert-OH is 2. The fourth-order valence-electron chi connectivity index (χ4n) is 3.78. The Morgan fingerprint density at radius 1 is 1.00 bits per heavy atom. The van der Waals surface area contributed by atoms with E-state index in [1.54, 1.807) is 16.2 Å². The second-order valence-electron chi connectivity index (χ2n) is 7.12. The van der Waals surface area contributed by atoms with E-state index in [9.17, 15) is 15.0 Å². The number of hydrogen-bond acceptors (Lipinski definition) is 7. The van der Waals surface area contributed by atoms with E-state index < -0.39 is 18.1 Å². The summed E-state index contributed by atoms with van der Waals surface area (Å²) in [7, 11) is 0.